The zero-order chi connectivity index (χ0) is 18.0. The summed E-state index contributed by atoms with van der Waals surface area (Å²) in [6.45, 7) is 4.61. The van der Waals surface area contributed by atoms with Crippen LogP contribution in [0.1, 0.15) is 41.4 Å². The van der Waals surface area contributed by atoms with Gasteiger partial charge in [-0.25, -0.2) is 9.50 Å². The third-order valence-corrected chi connectivity index (χ3v) is 3.97. The van der Waals surface area contributed by atoms with Gasteiger partial charge in [-0.3, -0.25) is 4.79 Å². The molecule has 7 heteroatoms. The Labute approximate surface area is 145 Å². The molecule has 3 rings (SSSR count). The van der Waals surface area contributed by atoms with E-state index in [0.717, 1.165) is 11.3 Å². The van der Waals surface area contributed by atoms with Crippen molar-refractivity contribution >= 4 is 22.9 Å². The van der Waals surface area contributed by atoms with Gasteiger partial charge in [0, 0.05) is 18.5 Å². The number of anilines is 2. The van der Waals surface area contributed by atoms with Gasteiger partial charge in [0.05, 0.1) is 12.2 Å². The number of hydrogen-bond donors (Lipinski definition) is 2. The predicted octanol–water partition coefficient (Wildman–Crippen LogP) is 2.83. The number of nitrogen functional groups attached to an aromatic ring is 1. The lowest BCUT2D eigenvalue weighted by Gasteiger charge is -2.06. The van der Waals surface area contributed by atoms with Crippen molar-refractivity contribution in [1.29, 1.82) is 0 Å². The summed E-state index contributed by atoms with van der Waals surface area (Å²) in [5, 5.41) is 7.13. The second-order valence-corrected chi connectivity index (χ2v) is 6.13. The lowest BCUT2D eigenvalue weighted by atomic mass is 10.1. The molecule has 2 heterocycles. The van der Waals surface area contributed by atoms with Crippen LogP contribution in [0.5, 0.6) is 0 Å². The van der Waals surface area contributed by atoms with Gasteiger partial charge in [0.2, 0.25) is 0 Å². The van der Waals surface area contributed by atoms with Crippen molar-refractivity contribution in [3.63, 3.8) is 0 Å². The molecule has 1 aromatic carbocycles. The summed E-state index contributed by atoms with van der Waals surface area (Å²) >= 11 is 0. The number of ether oxygens (including phenoxy) is 1. The molecule has 0 unspecified atom stereocenters. The van der Waals surface area contributed by atoms with Crippen LogP contribution in [0.4, 0.5) is 11.5 Å². The van der Waals surface area contributed by atoms with E-state index in [2.05, 4.69) is 15.4 Å². The van der Waals surface area contributed by atoms with Gasteiger partial charge in [0.15, 0.2) is 5.82 Å². The van der Waals surface area contributed by atoms with E-state index in [9.17, 15) is 4.79 Å². The standard InChI is InChI=1S/C18H21N5O2/c1-11(2)15-8-14(16-17(19)20-10-21-23(15)16)18(24)22-13-6-4-12(5-7-13)9-25-3/h4-8,10-11H,9H2,1-3H3,(H,22,24)(H2,19,20,21). The summed E-state index contributed by atoms with van der Waals surface area (Å²) in [5.74, 6) is 0.226. The summed E-state index contributed by atoms with van der Waals surface area (Å²) in [4.78, 5) is 16.8. The Balaban J connectivity index is 1.94. The molecule has 0 bridgehead atoms. The third kappa shape index (κ3) is 3.32. The number of nitrogens with two attached hydrogens (primary N) is 1. The lowest BCUT2D eigenvalue weighted by Crippen LogP contribution is -2.12. The molecule has 7 nitrogen and oxygen atoms in total. The first-order valence-electron chi connectivity index (χ1n) is 8.02. The van der Waals surface area contributed by atoms with Crippen molar-refractivity contribution in [2.75, 3.05) is 18.2 Å². The third-order valence-electron chi connectivity index (χ3n) is 3.97. The van der Waals surface area contributed by atoms with Crippen LogP contribution < -0.4 is 11.1 Å². The van der Waals surface area contributed by atoms with Crippen LogP contribution >= 0.6 is 0 Å². The second-order valence-electron chi connectivity index (χ2n) is 6.13. The number of aromatic nitrogens is 3. The van der Waals surface area contributed by atoms with E-state index in [1.54, 1.807) is 11.6 Å². The molecule has 130 valence electrons. The number of nitrogens with zero attached hydrogens (tertiary/aromatic N) is 3. The van der Waals surface area contributed by atoms with E-state index in [1.807, 2.05) is 44.2 Å². The van der Waals surface area contributed by atoms with Crippen molar-refractivity contribution < 1.29 is 9.53 Å². The van der Waals surface area contributed by atoms with Gasteiger partial charge >= 0.3 is 0 Å². The highest BCUT2D eigenvalue weighted by molar-refractivity contribution is 6.10. The minimum Gasteiger partial charge on any atom is -0.382 e. The molecule has 0 radical (unpaired) electrons. The Morgan fingerprint density at radius 1 is 1.32 bits per heavy atom. The molecule has 0 aliphatic carbocycles. The Hall–Kier alpha value is -2.93. The van der Waals surface area contributed by atoms with Crippen LogP contribution in [0.15, 0.2) is 36.7 Å². The number of rotatable bonds is 5. The van der Waals surface area contributed by atoms with Crippen LogP contribution in [0.3, 0.4) is 0 Å². The van der Waals surface area contributed by atoms with Crippen LogP contribution in [0.25, 0.3) is 5.52 Å². The maximum atomic E-state index is 12.8. The highest BCUT2D eigenvalue weighted by Crippen LogP contribution is 2.25. The van der Waals surface area contributed by atoms with Crippen LogP contribution in [-0.2, 0) is 11.3 Å². The van der Waals surface area contributed by atoms with Crippen molar-refractivity contribution in [2.45, 2.75) is 26.4 Å². The second kappa shape index (κ2) is 6.90. The average molecular weight is 339 g/mol. The van der Waals surface area contributed by atoms with E-state index >= 15 is 0 Å². The summed E-state index contributed by atoms with van der Waals surface area (Å²) in [7, 11) is 1.65. The van der Waals surface area contributed by atoms with Crippen LogP contribution in [-0.4, -0.2) is 27.6 Å². The maximum absolute atomic E-state index is 12.8. The fraction of sp³-hybridized carbons (Fsp3) is 0.278. The molecule has 0 fully saturated rings. The number of carbonyl (C=O) groups is 1. The Kier molecular flexibility index (Phi) is 4.67. The highest BCUT2D eigenvalue weighted by Gasteiger charge is 2.20. The van der Waals surface area contributed by atoms with E-state index in [1.165, 1.54) is 6.33 Å². The van der Waals surface area contributed by atoms with Crippen molar-refractivity contribution in [2.24, 2.45) is 0 Å². The van der Waals surface area contributed by atoms with Gasteiger partial charge in [-0.1, -0.05) is 26.0 Å². The van der Waals surface area contributed by atoms with Crippen molar-refractivity contribution in [3.8, 4) is 0 Å². The fourth-order valence-corrected chi connectivity index (χ4v) is 2.73. The molecule has 25 heavy (non-hydrogen) atoms. The molecule has 0 spiro atoms. The molecular weight excluding hydrogens is 318 g/mol. The van der Waals surface area contributed by atoms with Gasteiger partial charge < -0.3 is 15.8 Å². The highest BCUT2D eigenvalue weighted by atomic mass is 16.5. The van der Waals surface area contributed by atoms with Crippen LogP contribution in [0.2, 0.25) is 0 Å². The Morgan fingerprint density at radius 3 is 2.68 bits per heavy atom. The summed E-state index contributed by atoms with van der Waals surface area (Å²) < 4.78 is 6.77. The van der Waals surface area contributed by atoms with E-state index in [4.69, 9.17) is 10.5 Å². The quantitative estimate of drug-likeness (QED) is 0.745. The molecule has 2 aromatic heterocycles. The molecule has 0 atom stereocenters. The number of methoxy groups -OCH3 is 1. The minimum absolute atomic E-state index is 0.191. The molecule has 0 saturated carbocycles. The van der Waals surface area contributed by atoms with Gasteiger partial charge in [-0.15, -0.1) is 0 Å². The fourth-order valence-electron chi connectivity index (χ4n) is 2.73. The van der Waals surface area contributed by atoms with Gasteiger partial charge in [0.1, 0.15) is 11.8 Å². The first-order valence-corrected chi connectivity index (χ1v) is 8.02. The van der Waals surface area contributed by atoms with Crippen molar-refractivity contribution in [3.05, 3.63) is 53.5 Å². The first-order chi connectivity index (χ1) is 12.0. The van der Waals surface area contributed by atoms with Gasteiger partial charge in [-0.05, 0) is 29.7 Å². The Morgan fingerprint density at radius 2 is 2.04 bits per heavy atom. The topological polar surface area (TPSA) is 94.5 Å². The summed E-state index contributed by atoms with van der Waals surface area (Å²) in [6.07, 6.45) is 1.39. The smallest absolute Gasteiger partial charge is 0.258 e. The summed E-state index contributed by atoms with van der Waals surface area (Å²) in [6, 6.07) is 9.32. The average Bonchev–Trinajstić information content (AvgIpc) is 2.98. The van der Waals surface area contributed by atoms with Crippen molar-refractivity contribution in [1.82, 2.24) is 14.6 Å². The van der Waals surface area contributed by atoms with E-state index in [0.29, 0.717) is 23.4 Å². The lowest BCUT2D eigenvalue weighted by molar-refractivity contribution is 0.102. The van der Waals surface area contributed by atoms with E-state index < -0.39 is 0 Å². The van der Waals surface area contributed by atoms with Crippen LogP contribution in [0, 0.1) is 0 Å². The zero-order valence-corrected chi connectivity index (χ0v) is 14.5. The molecule has 0 aliphatic heterocycles. The molecule has 3 N–H and O–H groups in total. The number of benzene rings is 1. The number of amides is 1. The number of hydrogen-bond acceptors (Lipinski definition) is 5. The molecule has 0 saturated heterocycles. The SMILES string of the molecule is COCc1ccc(NC(=O)c2cc(C(C)C)n3ncnc(N)c23)cc1. The Bertz CT molecular complexity index is 900. The number of carbonyl (C=O) groups excluding carboxylic acids is 1. The largest absolute Gasteiger partial charge is 0.382 e. The molecular formula is C18H21N5O2. The first kappa shape index (κ1) is 16.9. The number of nitrogens with one attached hydrogen (secondary N) is 1. The molecule has 0 aliphatic rings. The summed E-state index contributed by atoms with van der Waals surface area (Å²) in [5.41, 5.74) is 9.62. The molecule has 1 amide bonds. The predicted molar refractivity (Wildman–Crippen MR) is 96.6 cm³/mol. The minimum atomic E-state index is -0.245. The molecule has 3 aromatic rings. The normalized spacial score (nSPS) is 11.2. The van der Waals surface area contributed by atoms with E-state index in [-0.39, 0.29) is 17.6 Å². The number of fused-ring (bicyclic) bond motifs is 1. The van der Waals surface area contributed by atoms with Gasteiger partial charge in [-0.2, -0.15) is 5.10 Å². The monoisotopic (exact) mass is 339 g/mol. The van der Waals surface area contributed by atoms with Gasteiger partial charge in [0.25, 0.3) is 5.91 Å². The maximum Gasteiger partial charge on any atom is 0.258 e. The zero-order valence-electron chi connectivity index (χ0n) is 14.5.